The number of hydrogen-bond donors (Lipinski definition) is 0. The number of nitrogens with zero attached hydrogens (tertiary/aromatic N) is 1. The largest absolute Gasteiger partial charge is 0.309 e. The van der Waals surface area contributed by atoms with E-state index in [9.17, 15) is 4.79 Å². The molecular formula is C16H16BrNO. The van der Waals surface area contributed by atoms with Gasteiger partial charge in [0.25, 0.3) is 5.91 Å². The first kappa shape index (κ1) is 13.8. The molecule has 0 radical (unpaired) electrons. The van der Waals surface area contributed by atoms with E-state index in [1.165, 1.54) is 0 Å². The van der Waals surface area contributed by atoms with Crippen LogP contribution < -0.4 is 4.90 Å². The molecule has 0 bridgehead atoms. The lowest BCUT2D eigenvalue weighted by Gasteiger charge is -2.21. The van der Waals surface area contributed by atoms with Crippen LogP contribution in [0.15, 0.2) is 53.0 Å². The summed E-state index contributed by atoms with van der Waals surface area (Å²) >= 11 is 3.45. The van der Waals surface area contributed by atoms with Gasteiger partial charge in [0.2, 0.25) is 0 Å². The molecule has 2 aromatic rings. The third-order valence-corrected chi connectivity index (χ3v) is 3.92. The van der Waals surface area contributed by atoms with Crippen molar-refractivity contribution >= 4 is 27.5 Å². The van der Waals surface area contributed by atoms with Gasteiger partial charge in [-0.25, -0.2) is 0 Å². The minimum Gasteiger partial charge on any atom is -0.309 e. The number of carbonyl (C=O) groups excluding carboxylic acids is 1. The molecule has 0 fully saturated rings. The summed E-state index contributed by atoms with van der Waals surface area (Å²) in [4.78, 5) is 14.3. The molecule has 19 heavy (non-hydrogen) atoms. The average molecular weight is 318 g/mol. The van der Waals surface area contributed by atoms with Crippen molar-refractivity contribution in [3.05, 3.63) is 64.1 Å². The molecule has 0 saturated carbocycles. The highest BCUT2D eigenvalue weighted by Crippen LogP contribution is 2.21. The number of halogens is 1. The van der Waals surface area contributed by atoms with Gasteiger partial charge in [-0.05, 0) is 49.7 Å². The molecule has 0 unspecified atom stereocenters. The average Bonchev–Trinajstić information content (AvgIpc) is 2.44. The molecule has 0 aromatic heterocycles. The summed E-state index contributed by atoms with van der Waals surface area (Å²) in [6.07, 6.45) is 0. The molecule has 3 heteroatoms. The summed E-state index contributed by atoms with van der Waals surface area (Å²) in [5.41, 5.74) is 2.71. The molecule has 0 atom stereocenters. The van der Waals surface area contributed by atoms with Crippen molar-refractivity contribution in [2.45, 2.75) is 13.8 Å². The minimum atomic E-state index is 0.0318. The van der Waals surface area contributed by atoms with Gasteiger partial charge < -0.3 is 4.90 Å². The molecular weight excluding hydrogens is 302 g/mol. The number of benzene rings is 2. The Bertz CT molecular complexity index is 581. The summed E-state index contributed by atoms with van der Waals surface area (Å²) in [7, 11) is 0. The number of anilines is 1. The van der Waals surface area contributed by atoms with E-state index >= 15 is 0 Å². The Hall–Kier alpha value is -1.61. The first-order valence-corrected chi connectivity index (χ1v) is 7.06. The van der Waals surface area contributed by atoms with E-state index in [0.717, 1.165) is 15.7 Å². The minimum absolute atomic E-state index is 0.0318. The molecule has 2 aromatic carbocycles. The maximum Gasteiger partial charge on any atom is 0.258 e. The van der Waals surface area contributed by atoms with Crippen LogP contribution in [0.2, 0.25) is 0 Å². The van der Waals surface area contributed by atoms with E-state index in [-0.39, 0.29) is 5.91 Å². The molecule has 0 aliphatic rings. The van der Waals surface area contributed by atoms with Crippen molar-refractivity contribution in [2.75, 3.05) is 11.4 Å². The van der Waals surface area contributed by atoms with Crippen molar-refractivity contribution in [3.63, 3.8) is 0 Å². The molecule has 0 heterocycles. The van der Waals surface area contributed by atoms with Crippen LogP contribution >= 0.6 is 15.9 Å². The zero-order valence-corrected chi connectivity index (χ0v) is 12.6. The van der Waals surface area contributed by atoms with E-state index in [1.54, 1.807) is 4.90 Å². The maximum atomic E-state index is 12.6. The fourth-order valence-corrected chi connectivity index (χ4v) is 2.23. The fraction of sp³-hybridized carbons (Fsp3) is 0.188. The van der Waals surface area contributed by atoms with E-state index in [0.29, 0.717) is 12.1 Å². The number of aryl methyl sites for hydroxylation is 1. The molecule has 2 rings (SSSR count). The standard InChI is InChI=1S/C16H16BrNO/c1-3-18(14-7-5-4-6-8-14)16(19)13-9-10-15(17)12(2)11-13/h4-11H,3H2,1-2H3. The summed E-state index contributed by atoms with van der Waals surface area (Å²) in [5, 5.41) is 0. The van der Waals surface area contributed by atoms with E-state index < -0.39 is 0 Å². The highest BCUT2D eigenvalue weighted by Gasteiger charge is 2.16. The van der Waals surface area contributed by atoms with Gasteiger partial charge in [-0.15, -0.1) is 0 Å². The van der Waals surface area contributed by atoms with E-state index in [4.69, 9.17) is 0 Å². The fourth-order valence-electron chi connectivity index (χ4n) is 1.98. The zero-order chi connectivity index (χ0) is 13.8. The van der Waals surface area contributed by atoms with Crippen LogP contribution in [0.4, 0.5) is 5.69 Å². The molecule has 0 aliphatic heterocycles. The lowest BCUT2D eigenvalue weighted by molar-refractivity contribution is 0.0988. The molecule has 2 nitrogen and oxygen atoms in total. The molecule has 0 saturated heterocycles. The Morgan fingerprint density at radius 3 is 2.42 bits per heavy atom. The SMILES string of the molecule is CCN(C(=O)c1ccc(Br)c(C)c1)c1ccccc1. The van der Waals surface area contributed by atoms with Crippen LogP contribution in [0.3, 0.4) is 0 Å². The Labute approximate surface area is 122 Å². The van der Waals surface area contributed by atoms with Gasteiger partial charge in [-0.3, -0.25) is 4.79 Å². The molecule has 98 valence electrons. The predicted octanol–water partition coefficient (Wildman–Crippen LogP) is 4.42. The lowest BCUT2D eigenvalue weighted by Crippen LogP contribution is -2.30. The monoisotopic (exact) mass is 317 g/mol. The van der Waals surface area contributed by atoms with Gasteiger partial charge in [0, 0.05) is 22.3 Å². The number of rotatable bonds is 3. The van der Waals surface area contributed by atoms with Gasteiger partial charge in [0.05, 0.1) is 0 Å². The van der Waals surface area contributed by atoms with Gasteiger partial charge in [0.1, 0.15) is 0 Å². The van der Waals surface area contributed by atoms with Gasteiger partial charge in [-0.2, -0.15) is 0 Å². The van der Waals surface area contributed by atoms with E-state index in [1.807, 2.05) is 62.4 Å². The summed E-state index contributed by atoms with van der Waals surface area (Å²) in [6, 6.07) is 15.4. The normalized spacial score (nSPS) is 10.3. The van der Waals surface area contributed by atoms with Crippen LogP contribution in [0, 0.1) is 6.92 Å². The van der Waals surface area contributed by atoms with E-state index in [2.05, 4.69) is 15.9 Å². The van der Waals surface area contributed by atoms with Crippen LogP contribution in [0.1, 0.15) is 22.8 Å². The summed E-state index contributed by atoms with van der Waals surface area (Å²) < 4.78 is 1.02. The van der Waals surface area contributed by atoms with Crippen LogP contribution in [-0.4, -0.2) is 12.5 Å². The van der Waals surface area contributed by atoms with Gasteiger partial charge in [-0.1, -0.05) is 34.1 Å². The highest BCUT2D eigenvalue weighted by atomic mass is 79.9. The predicted molar refractivity (Wildman–Crippen MR) is 82.7 cm³/mol. The first-order chi connectivity index (χ1) is 9.13. The van der Waals surface area contributed by atoms with Gasteiger partial charge >= 0.3 is 0 Å². The number of para-hydroxylation sites is 1. The maximum absolute atomic E-state index is 12.6. The van der Waals surface area contributed by atoms with Crippen LogP contribution in [-0.2, 0) is 0 Å². The second-order valence-electron chi connectivity index (χ2n) is 4.35. The Morgan fingerprint density at radius 2 is 1.84 bits per heavy atom. The third kappa shape index (κ3) is 3.04. The zero-order valence-electron chi connectivity index (χ0n) is 11.1. The molecule has 0 spiro atoms. The van der Waals surface area contributed by atoms with Crippen molar-refractivity contribution in [2.24, 2.45) is 0 Å². The Balaban J connectivity index is 2.33. The summed E-state index contributed by atoms with van der Waals surface area (Å²) in [6.45, 7) is 4.62. The number of hydrogen-bond acceptors (Lipinski definition) is 1. The lowest BCUT2D eigenvalue weighted by atomic mass is 10.1. The number of carbonyl (C=O) groups is 1. The highest BCUT2D eigenvalue weighted by molar-refractivity contribution is 9.10. The second-order valence-corrected chi connectivity index (χ2v) is 5.20. The van der Waals surface area contributed by atoms with Crippen molar-refractivity contribution in [1.29, 1.82) is 0 Å². The van der Waals surface area contributed by atoms with Crippen molar-refractivity contribution < 1.29 is 4.79 Å². The first-order valence-electron chi connectivity index (χ1n) is 6.26. The molecule has 0 aliphatic carbocycles. The second kappa shape index (κ2) is 6.02. The quantitative estimate of drug-likeness (QED) is 0.820. The topological polar surface area (TPSA) is 20.3 Å². The molecule has 1 amide bonds. The third-order valence-electron chi connectivity index (χ3n) is 3.03. The Morgan fingerprint density at radius 1 is 1.16 bits per heavy atom. The Kier molecular flexibility index (Phi) is 4.38. The molecule has 0 N–H and O–H groups in total. The van der Waals surface area contributed by atoms with Gasteiger partial charge in [0.15, 0.2) is 0 Å². The van der Waals surface area contributed by atoms with Crippen molar-refractivity contribution in [1.82, 2.24) is 0 Å². The van der Waals surface area contributed by atoms with Crippen molar-refractivity contribution in [3.8, 4) is 0 Å². The number of amides is 1. The van der Waals surface area contributed by atoms with Crippen LogP contribution in [0.25, 0.3) is 0 Å². The van der Waals surface area contributed by atoms with Crippen LogP contribution in [0.5, 0.6) is 0 Å². The summed E-state index contributed by atoms with van der Waals surface area (Å²) in [5.74, 6) is 0.0318. The smallest absolute Gasteiger partial charge is 0.258 e.